The second-order valence-electron chi connectivity index (χ2n) is 17.7. The summed E-state index contributed by atoms with van der Waals surface area (Å²) in [6, 6.07) is 0. The monoisotopic (exact) mass is 941 g/mol. The fourth-order valence-electron chi connectivity index (χ4n) is 7.09. The van der Waals surface area contributed by atoms with Gasteiger partial charge in [0.15, 0.2) is 6.10 Å². The smallest absolute Gasteiger partial charge is 0.306 e. The van der Waals surface area contributed by atoms with Crippen LogP contribution in [0, 0.1) is 0 Å². The van der Waals surface area contributed by atoms with Crippen molar-refractivity contribution in [2.75, 3.05) is 13.2 Å². The van der Waals surface area contributed by atoms with Gasteiger partial charge in [0, 0.05) is 19.3 Å². The summed E-state index contributed by atoms with van der Waals surface area (Å²) in [4.78, 5) is 38.1. The molecule has 0 N–H and O–H groups in total. The van der Waals surface area contributed by atoms with E-state index in [9.17, 15) is 14.4 Å². The first-order valence-electron chi connectivity index (χ1n) is 27.5. The Morgan fingerprint density at radius 2 is 0.574 bits per heavy atom. The number of ether oxygens (including phenoxy) is 3. The standard InChI is InChI=1S/C62H100O6/c1-4-7-10-13-16-19-22-25-28-30-31-33-34-37-40-43-46-49-52-55-61(64)67-58-59(57-66-60(63)54-51-48-45-42-39-36-27-24-21-18-15-12-9-6-3)68-62(65)56-53-50-47-44-41-38-35-32-29-26-23-20-17-14-11-8-5-2/h7-8,10-11,15-20,24-29,31,33,35,38,59H,4-6,9,12-14,21-23,30,32,34,36-37,39-58H2,1-3H3/b10-7-,11-8-,18-15-,19-16-,20-17-,27-24-,28-25-,29-26-,33-31-,38-35-. The quantitative estimate of drug-likeness (QED) is 0.0262. The van der Waals surface area contributed by atoms with Crippen molar-refractivity contribution in [3.63, 3.8) is 0 Å². The number of allylic oxidation sites excluding steroid dienone is 20. The Kier molecular flexibility index (Phi) is 52.0. The van der Waals surface area contributed by atoms with E-state index in [1.807, 2.05) is 0 Å². The summed E-state index contributed by atoms with van der Waals surface area (Å²) in [6.07, 6.45) is 76.1. The number of carbonyl (C=O) groups is 3. The highest BCUT2D eigenvalue weighted by Crippen LogP contribution is 2.13. The molecule has 1 atom stereocenters. The molecule has 6 heteroatoms. The topological polar surface area (TPSA) is 78.9 Å². The first kappa shape index (κ1) is 63.8. The van der Waals surface area contributed by atoms with E-state index in [0.717, 1.165) is 161 Å². The lowest BCUT2D eigenvalue weighted by Crippen LogP contribution is -2.30. The van der Waals surface area contributed by atoms with Crippen LogP contribution in [0.4, 0.5) is 0 Å². The van der Waals surface area contributed by atoms with Gasteiger partial charge in [-0.15, -0.1) is 0 Å². The average molecular weight is 941 g/mol. The van der Waals surface area contributed by atoms with Gasteiger partial charge in [-0.3, -0.25) is 14.4 Å². The van der Waals surface area contributed by atoms with Gasteiger partial charge in [0.2, 0.25) is 0 Å². The Balaban J connectivity index is 4.49. The van der Waals surface area contributed by atoms with Gasteiger partial charge in [0.25, 0.3) is 0 Å². The van der Waals surface area contributed by atoms with E-state index in [1.54, 1.807) is 0 Å². The summed E-state index contributed by atoms with van der Waals surface area (Å²) in [7, 11) is 0. The Morgan fingerprint density at radius 1 is 0.309 bits per heavy atom. The van der Waals surface area contributed by atoms with Crippen LogP contribution in [-0.4, -0.2) is 37.2 Å². The largest absolute Gasteiger partial charge is 0.462 e. The van der Waals surface area contributed by atoms with E-state index in [-0.39, 0.29) is 37.5 Å². The van der Waals surface area contributed by atoms with Gasteiger partial charge >= 0.3 is 17.9 Å². The molecule has 0 radical (unpaired) electrons. The number of carbonyl (C=O) groups excluding carboxylic acids is 3. The van der Waals surface area contributed by atoms with Gasteiger partial charge in [-0.1, -0.05) is 213 Å². The first-order chi connectivity index (χ1) is 33.5. The highest BCUT2D eigenvalue weighted by atomic mass is 16.6. The van der Waals surface area contributed by atoms with Crippen LogP contribution in [0.15, 0.2) is 122 Å². The Labute approximate surface area is 418 Å². The fourth-order valence-corrected chi connectivity index (χ4v) is 7.09. The zero-order valence-electron chi connectivity index (χ0n) is 43.8. The van der Waals surface area contributed by atoms with E-state index in [1.165, 1.54) is 32.1 Å². The first-order valence-corrected chi connectivity index (χ1v) is 27.5. The van der Waals surface area contributed by atoms with Crippen molar-refractivity contribution in [3.05, 3.63) is 122 Å². The molecule has 1 unspecified atom stereocenters. The summed E-state index contributed by atoms with van der Waals surface area (Å²) in [5.74, 6) is -0.958. The van der Waals surface area contributed by atoms with Gasteiger partial charge in [0.1, 0.15) is 13.2 Å². The average Bonchev–Trinajstić information content (AvgIpc) is 3.34. The van der Waals surface area contributed by atoms with Crippen LogP contribution in [0.3, 0.4) is 0 Å². The zero-order valence-corrected chi connectivity index (χ0v) is 43.8. The third-order valence-corrected chi connectivity index (χ3v) is 11.2. The molecule has 0 saturated heterocycles. The molecule has 0 aliphatic carbocycles. The van der Waals surface area contributed by atoms with Gasteiger partial charge in [0.05, 0.1) is 0 Å². The molecule has 0 aromatic heterocycles. The predicted octanol–water partition coefficient (Wildman–Crippen LogP) is 18.5. The minimum Gasteiger partial charge on any atom is -0.462 e. The maximum absolute atomic E-state index is 12.8. The van der Waals surface area contributed by atoms with Crippen LogP contribution in [-0.2, 0) is 28.6 Å². The number of rotatable bonds is 48. The van der Waals surface area contributed by atoms with Crippen molar-refractivity contribution < 1.29 is 28.6 Å². The van der Waals surface area contributed by atoms with E-state index in [4.69, 9.17) is 14.2 Å². The molecule has 0 aromatic carbocycles. The normalized spacial score (nSPS) is 13.0. The van der Waals surface area contributed by atoms with Gasteiger partial charge in [-0.2, -0.15) is 0 Å². The second-order valence-corrected chi connectivity index (χ2v) is 17.7. The van der Waals surface area contributed by atoms with Crippen molar-refractivity contribution >= 4 is 17.9 Å². The number of esters is 3. The van der Waals surface area contributed by atoms with Crippen LogP contribution in [0.1, 0.15) is 233 Å². The molecule has 0 spiro atoms. The molecule has 0 amide bonds. The molecule has 0 bridgehead atoms. The maximum Gasteiger partial charge on any atom is 0.306 e. The van der Waals surface area contributed by atoms with E-state index < -0.39 is 6.10 Å². The predicted molar refractivity (Wildman–Crippen MR) is 293 cm³/mol. The van der Waals surface area contributed by atoms with Crippen LogP contribution in [0.5, 0.6) is 0 Å². The fraction of sp³-hybridized carbons (Fsp3) is 0.629. The lowest BCUT2D eigenvalue weighted by atomic mass is 10.1. The molecular formula is C62H100O6. The van der Waals surface area contributed by atoms with E-state index in [2.05, 4.69) is 142 Å². The van der Waals surface area contributed by atoms with Crippen LogP contribution < -0.4 is 0 Å². The molecule has 0 aliphatic heterocycles. The Hall–Kier alpha value is -4.19. The molecule has 0 saturated carbocycles. The number of hydrogen-bond donors (Lipinski definition) is 0. The lowest BCUT2D eigenvalue weighted by Gasteiger charge is -2.18. The molecule has 68 heavy (non-hydrogen) atoms. The molecular weight excluding hydrogens is 841 g/mol. The van der Waals surface area contributed by atoms with Gasteiger partial charge < -0.3 is 14.2 Å². The third kappa shape index (κ3) is 52.8. The Bertz CT molecular complexity index is 1450. The molecule has 0 aliphatic rings. The van der Waals surface area contributed by atoms with Gasteiger partial charge in [-0.25, -0.2) is 0 Å². The van der Waals surface area contributed by atoms with Crippen molar-refractivity contribution in [3.8, 4) is 0 Å². The summed E-state index contributed by atoms with van der Waals surface area (Å²) in [6.45, 7) is 6.32. The SMILES string of the molecule is CC/C=C\C/C=C\C/C=C\C/C=C\CCCCCCCCC(=O)OCC(COC(=O)CCCCCCC/C=C\C/C=C\CCCC)OC(=O)CCCCCC/C=C\C/C=C\C/C=C\C/C=C\CC. The minimum absolute atomic E-state index is 0.103. The van der Waals surface area contributed by atoms with Crippen molar-refractivity contribution in [2.24, 2.45) is 0 Å². The summed E-state index contributed by atoms with van der Waals surface area (Å²) >= 11 is 0. The molecule has 0 fully saturated rings. The van der Waals surface area contributed by atoms with Crippen molar-refractivity contribution in [1.29, 1.82) is 0 Å². The van der Waals surface area contributed by atoms with Crippen molar-refractivity contribution in [2.45, 2.75) is 239 Å². The van der Waals surface area contributed by atoms with Gasteiger partial charge in [-0.05, 0) is 122 Å². The van der Waals surface area contributed by atoms with Crippen LogP contribution in [0.2, 0.25) is 0 Å². The molecule has 384 valence electrons. The lowest BCUT2D eigenvalue weighted by molar-refractivity contribution is -0.167. The van der Waals surface area contributed by atoms with E-state index in [0.29, 0.717) is 12.8 Å². The highest BCUT2D eigenvalue weighted by Gasteiger charge is 2.19. The van der Waals surface area contributed by atoms with Crippen LogP contribution >= 0.6 is 0 Å². The molecule has 0 rings (SSSR count). The third-order valence-electron chi connectivity index (χ3n) is 11.2. The maximum atomic E-state index is 12.8. The van der Waals surface area contributed by atoms with E-state index >= 15 is 0 Å². The summed E-state index contributed by atoms with van der Waals surface area (Å²) in [5.41, 5.74) is 0. The van der Waals surface area contributed by atoms with Crippen molar-refractivity contribution in [1.82, 2.24) is 0 Å². The second kappa shape index (κ2) is 55.4. The number of unbranched alkanes of at least 4 members (excludes halogenated alkanes) is 17. The summed E-state index contributed by atoms with van der Waals surface area (Å²) < 4.78 is 16.8. The van der Waals surface area contributed by atoms with Crippen LogP contribution in [0.25, 0.3) is 0 Å². The zero-order chi connectivity index (χ0) is 49.3. The molecule has 0 heterocycles. The minimum atomic E-state index is -0.807. The number of hydrogen-bond acceptors (Lipinski definition) is 6. The highest BCUT2D eigenvalue weighted by molar-refractivity contribution is 5.71. The molecule has 0 aromatic rings. The summed E-state index contributed by atoms with van der Waals surface area (Å²) in [5, 5.41) is 0. The Morgan fingerprint density at radius 3 is 0.897 bits per heavy atom. The molecule has 6 nitrogen and oxygen atoms in total.